The average molecular weight is 405 g/mol. The molecule has 0 heterocycles. The highest BCUT2D eigenvalue weighted by Gasteiger charge is 2.60. The molecule has 8 atom stereocenters. The Morgan fingerprint density at radius 1 is 0.966 bits per heavy atom. The van der Waals surface area contributed by atoms with Crippen molar-refractivity contribution < 1.29 is 9.50 Å². The smallest absolute Gasteiger partial charge is 0.100 e. The third-order valence-electron chi connectivity index (χ3n) is 10.3. The molecule has 1 nitrogen and oxygen atoms in total. The quantitative estimate of drug-likeness (QED) is 0.498. The molecule has 0 aromatic rings. The van der Waals surface area contributed by atoms with E-state index in [9.17, 15) is 5.11 Å². The molecule has 0 aromatic heterocycles. The molecule has 166 valence electrons. The Morgan fingerprint density at radius 2 is 1.72 bits per heavy atom. The molecule has 0 bridgehead atoms. The lowest BCUT2D eigenvalue weighted by Crippen LogP contribution is -2.51. The van der Waals surface area contributed by atoms with Crippen LogP contribution in [-0.4, -0.2) is 11.2 Å². The zero-order chi connectivity index (χ0) is 21.0. The molecule has 2 heteroatoms. The Kier molecular flexibility index (Phi) is 5.99. The zero-order valence-electron chi connectivity index (χ0n) is 19.6. The number of halogens is 1. The van der Waals surface area contributed by atoms with Crippen LogP contribution in [0.3, 0.4) is 0 Å². The fourth-order valence-corrected chi connectivity index (χ4v) is 8.74. The maximum Gasteiger partial charge on any atom is 0.100 e. The van der Waals surface area contributed by atoms with Gasteiger partial charge in [-0.2, -0.15) is 0 Å². The Morgan fingerprint density at radius 3 is 2.45 bits per heavy atom. The van der Waals surface area contributed by atoms with E-state index >= 15 is 4.39 Å². The van der Waals surface area contributed by atoms with E-state index < -0.39 is 0 Å². The minimum absolute atomic E-state index is 0.00846. The van der Waals surface area contributed by atoms with Crippen LogP contribution in [0.5, 0.6) is 0 Å². The molecule has 0 aromatic carbocycles. The molecular weight excluding hydrogens is 359 g/mol. The summed E-state index contributed by atoms with van der Waals surface area (Å²) in [4.78, 5) is 0. The average Bonchev–Trinajstić information content (AvgIpc) is 3.00. The lowest BCUT2D eigenvalue weighted by Gasteiger charge is -2.58. The van der Waals surface area contributed by atoms with Gasteiger partial charge in [0.1, 0.15) is 5.83 Å². The van der Waals surface area contributed by atoms with E-state index in [2.05, 4.69) is 34.6 Å². The highest BCUT2D eigenvalue weighted by molar-refractivity contribution is 5.28. The predicted octanol–water partition coefficient (Wildman–Crippen LogP) is 7.69. The van der Waals surface area contributed by atoms with Crippen LogP contribution in [0.4, 0.5) is 4.39 Å². The van der Waals surface area contributed by atoms with Crippen molar-refractivity contribution in [1.29, 1.82) is 0 Å². The van der Waals surface area contributed by atoms with Crippen LogP contribution in [0, 0.1) is 46.3 Å². The summed E-state index contributed by atoms with van der Waals surface area (Å²) in [5.41, 5.74) is 1.42. The number of allylic oxidation sites excluding steroid dienone is 1. The van der Waals surface area contributed by atoms with Gasteiger partial charge in [-0.05, 0) is 96.9 Å². The van der Waals surface area contributed by atoms with Crippen LogP contribution in [0.2, 0.25) is 0 Å². The van der Waals surface area contributed by atoms with Crippen LogP contribution >= 0.6 is 0 Å². The molecule has 0 saturated heterocycles. The number of aliphatic hydroxyl groups excluding tert-OH is 1. The van der Waals surface area contributed by atoms with Crippen molar-refractivity contribution in [3.63, 3.8) is 0 Å². The standard InChI is InChI=1S/C27H45FO/c1-17(2)7-6-8-18(3)21-9-10-22-20-16-25(28)24-15-19(29)11-13-27(24,5)23(20)12-14-26(21,22)4/h17-23,29H,6-16H2,1-5H3/t18-,19?,20+,21+,22+,23+,26-,27-/m1/s1. The summed E-state index contributed by atoms with van der Waals surface area (Å²) in [5.74, 6) is 4.48. The lowest BCUT2D eigenvalue weighted by molar-refractivity contribution is -0.0633. The fourth-order valence-electron chi connectivity index (χ4n) is 8.74. The second-order valence-corrected chi connectivity index (χ2v) is 12.3. The van der Waals surface area contributed by atoms with Crippen molar-refractivity contribution in [2.45, 2.75) is 111 Å². The van der Waals surface area contributed by atoms with Crippen LogP contribution in [-0.2, 0) is 0 Å². The second-order valence-electron chi connectivity index (χ2n) is 12.3. The molecule has 4 aliphatic carbocycles. The summed E-state index contributed by atoms with van der Waals surface area (Å²) in [5, 5.41) is 10.2. The summed E-state index contributed by atoms with van der Waals surface area (Å²) >= 11 is 0. The van der Waals surface area contributed by atoms with Gasteiger partial charge in [-0.15, -0.1) is 0 Å². The normalized spacial score (nSPS) is 45.7. The number of hydrogen-bond donors (Lipinski definition) is 1. The van der Waals surface area contributed by atoms with Crippen molar-refractivity contribution >= 4 is 0 Å². The van der Waals surface area contributed by atoms with E-state index in [4.69, 9.17) is 0 Å². The SMILES string of the molecule is CC(C)CCC[C@@H](C)[C@@H]1CC[C@H]2[C@@H]3CC(F)=C4CC(O)CC[C@]4(C)[C@H]3CC[C@@]21C. The third kappa shape index (κ3) is 3.64. The summed E-state index contributed by atoms with van der Waals surface area (Å²) in [6, 6.07) is 0. The van der Waals surface area contributed by atoms with Gasteiger partial charge in [-0.25, -0.2) is 4.39 Å². The molecule has 1 unspecified atom stereocenters. The largest absolute Gasteiger partial charge is 0.393 e. The van der Waals surface area contributed by atoms with Gasteiger partial charge in [-0.3, -0.25) is 0 Å². The Balaban J connectivity index is 1.53. The molecule has 29 heavy (non-hydrogen) atoms. The molecule has 0 amide bonds. The van der Waals surface area contributed by atoms with Gasteiger partial charge in [0.25, 0.3) is 0 Å². The number of fused-ring (bicyclic) bond motifs is 5. The summed E-state index contributed by atoms with van der Waals surface area (Å²) in [6.07, 6.45) is 12.1. The summed E-state index contributed by atoms with van der Waals surface area (Å²) in [6.45, 7) is 12.1. The van der Waals surface area contributed by atoms with Crippen LogP contribution in [0.25, 0.3) is 0 Å². The van der Waals surface area contributed by atoms with E-state index in [0.29, 0.717) is 36.0 Å². The minimum atomic E-state index is -0.322. The third-order valence-corrected chi connectivity index (χ3v) is 10.3. The van der Waals surface area contributed by atoms with E-state index in [1.54, 1.807) is 0 Å². The van der Waals surface area contributed by atoms with Crippen molar-refractivity contribution in [3.05, 3.63) is 11.4 Å². The first-order valence-corrected chi connectivity index (χ1v) is 12.7. The van der Waals surface area contributed by atoms with Crippen molar-refractivity contribution in [3.8, 4) is 0 Å². The first-order chi connectivity index (χ1) is 13.7. The molecule has 3 fully saturated rings. The van der Waals surface area contributed by atoms with E-state index in [1.165, 1.54) is 44.9 Å². The monoisotopic (exact) mass is 404 g/mol. The van der Waals surface area contributed by atoms with Gasteiger partial charge < -0.3 is 5.11 Å². The topological polar surface area (TPSA) is 20.2 Å². The fraction of sp³-hybridized carbons (Fsp3) is 0.926. The predicted molar refractivity (Wildman–Crippen MR) is 119 cm³/mol. The van der Waals surface area contributed by atoms with Crippen LogP contribution in [0.1, 0.15) is 105 Å². The maximum atomic E-state index is 15.4. The molecule has 0 radical (unpaired) electrons. The first kappa shape index (κ1) is 21.8. The second kappa shape index (κ2) is 7.95. The Labute approximate surface area is 178 Å². The van der Waals surface area contributed by atoms with Gasteiger partial charge >= 0.3 is 0 Å². The number of aliphatic hydroxyl groups is 1. The van der Waals surface area contributed by atoms with Gasteiger partial charge in [0.05, 0.1) is 6.10 Å². The molecule has 1 N–H and O–H groups in total. The first-order valence-electron chi connectivity index (χ1n) is 12.7. The Bertz CT molecular complexity index is 638. The summed E-state index contributed by atoms with van der Waals surface area (Å²) in [7, 11) is 0. The number of hydrogen-bond acceptors (Lipinski definition) is 1. The van der Waals surface area contributed by atoms with Gasteiger partial charge in [0, 0.05) is 6.42 Å². The minimum Gasteiger partial charge on any atom is -0.393 e. The Hall–Kier alpha value is -0.370. The molecule has 0 spiro atoms. The molecule has 4 aliphatic rings. The van der Waals surface area contributed by atoms with E-state index in [0.717, 1.165) is 36.2 Å². The highest BCUT2D eigenvalue weighted by Crippen LogP contribution is 2.68. The summed E-state index contributed by atoms with van der Waals surface area (Å²) < 4.78 is 15.4. The van der Waals surface area contributed by atoms with Gasteiger partial charge in [0.2, 0.25) is 0 Å². The van der Waals surface area contributed by atoms with Crippen molar-refractivity contribution in [2.75, 3.05) is 0 Å². The van der Waals surface area contributed by atoms with Crippen LogP contribution < -0.4 is 0 Å². The van der Waals surface area contributed by atoms with E-state index in [1.807, 2.05) is 0 Å². The molecule has 0 aliphatic heterocycles. The highest BCUT2D eigenvalue weighted by atomic mass is 19.1. The lowest BCUT2D eigenvalue weighted by atomic mass is 9.46. The van der Waals surface area contributed by atoms with Crippen LogP contribution in [0.15, 0.2) is 11.4 Å². The maximum absolute atomic E-state index is 15.4. The van der Waals surface area contributed by atoms with E-state index in [-0.39, 0.29) is 17.3 Å². The molecule has 3 saturated carbocycles. The van der Waals surface area contributed by atoms with Crippen molar-refractivity contribution in [1.82, 2.24) is 0 Å². The van der Waals surface area contributed by atoms with Gasteiger partial charge in [-0.1, -0.05) is 53.9 Å². The zero-order valence-corrected chi connectivity index (χ0v) is 19.6. The van der Waals surface area contributed by atoms with Gasteiger partial charge in [0.15, 0.2) is 0 Å². The molecular formula is C27H45FO. The van der Waals surface area contributed by atoms with Crippen molar-refractivity contribution in [2.24, 2.45) is 46.3 Å². The molecule has 4 rings (SSSR count). The number of rotatable bonds is 5.